The predicted molar refractivity (Wildman–Crippen MR) is 93.1 cm³/mol. The number of nitrogens with zero attached hydrogens (tertiary/aromatic N) is 2. The van der Waals surface area contributed by atoms with E-state index in [1.165, 1.54) is 4.68 Å². The summed E-state index contributed by atoms with van der Waals surface area (Å²) in [6.45, 7) is 0.311. The molecule has 126 valence electrons. The van der Waals surface area contributed by atoms with E-state index in [1.807, 2.05) is 12.1 Å². The number of benzene rings is 1. The maximum atomic E-state index is 12.2. The zero-order valence-corrected chi connectivity index (χ0v) is 14.2. The number of hydrogen-bond acceptors (Lipinski definition) is 3. The monoisotopic (exact) mass is 345 g/mol. The molecule has 6 heteroatoms. The molecule has 0 saturated heterocycles. The minimum absolute atomic E-state index is 0.0628. The van der Waals surface area contributed by atoms with E-state index in [0.29, 0.717) is 11.6 Å². The molecule has 1 aromatic heterocycles. The maximum Gasteiger partial charge on any atom is 0.267 e. The summed E-state index contributed by atoms with van der Waals surface area (Å²) in [4.78, 5) is 24.3. The fourth-order valence-corrected chi connectivity index (χ4v) is 3.14. The Balaban J connectivity index is 1.66. The van der Waals surface area contributed by atoms with Gasteiger partial charge < -0.3 is 5.32 Å². The number of carbonyl (C=O) groups excluding carboxylic acids is 1. The molecule has 0 fully saturated rings. The van der Waals surface area contributed by atoms with Crippen molar-refractivity contribution in [1.82, 2.24) is 15.1 Å². The van der Waals surface area contributed by atoms with Gasteiger partial charge in [0.1, 0.15) is 6.54 Å². The zero-order chi connectivity index (χ0) is 16.9. The molecule has 0 aliphatic heterocycles. The lowest BCUT2D eigenvalue weighted by Crippen LogP contribution is -2.34. The van der Waals surface area contributed by atoms with Crippen molar-refractivity contribution in [3.63, 3.8) is 0 Å². The second-order valence-electron chi connectivity index (χ2n) is 6.08. The number of aryl methyl sites for hydroxylation is 2. The van der Waals surface area contributed by atoms with E-state index in [4.69, 9.17) is 11.6 Å². The number of hydrogen-bond donors (Lipinski definition) is 1. The van der Waals surface area contributed by atoms with Crippen LogP contribution in [0.15, 0.2) is 35.1 Å². The van der Waals surface area contributed by atoms with Gasteiger partial charge in [-0.05, 0) is 48.9 Å². The predicted octanol–water partition coefficient (Wildman–Crippen LogP) is 2.48. The van der Waals surface area contributed by atoms with Crippen molar-refractivity contribution in [3.8, 4) is 0 Å². The Bertz CT molecular complexity index is 801. The molecule has 0 atom stereocenters. The van der Waals surface area contributed by atoms with Gasteiger partial charge in [0.15, 0.2) is 0 Å². The van der Waals surface area contributed by atoms with Gasteiger partial charge in [0.2, 0.25) is 5.91 Å². The standard InChI is InChI=1S/C18H20ClN3O2/c19-15-7-4-5-13(9-15)11-20-17(23)12-22-18(24)10-14-6-2-1-3-8-16(14)21-22/h4-5,7,9-10H,1-3,6,8,11-12H2,(H,20,23). The smallest absolute Gasteiger partial charge is 0.267 e. The van der Waals surface area contributed by atoms with E-state index in [2.05, 4.69) is 10.4 Å². The van der Waals surface area contributed by atoms with E-state index >= 15 is 0 Å². The molecule has 0 unspecified atom stereocenters. The normalized spacial score (nSPS) is 13.9. The summed E-state index contributed by atoms with van der Waals surface area (Å²) in [5.41, 5.74) is 2.69. The molecule has 24 heavy (non-hydrogen) atoms. The highest BCUT2D eigenvalue weighted by Gasteiger charge is 2.13. The summed E-state index contributed by atoms with van der Waals surface area (Å²) in [6.07, 6.45) is 5.11. The third-order valence-corrected chi connectivity index (χ3v) is 4.43. The lowest BCUT2D eigenvalue weighted by Gasteiger charge is -2.10. The van der Waals surface area contributed by atoms with Gasteiger partial charge in [-0.2, -0.15) is 5.10 Å². The third-order valence-electron chi connectivity index (χ3n) is 4.20. The molecule has 0 bridgehead atoms. The molecule has 1 heterocycles. The van der Waals surface area contributed by atoms with Crippen molar-refractivity contribution in [1.29, 1.82) is 0 Å². The van der Waals surface area contributed by atoms with Crippen molar-refractivity contribution < 1.29 is 4.79 Å². The van der Waals surface area contributed by atoms with Crippen LogP contribution in [0.4, 0.5) is 0 Å². The molecule has 1 aliphatic carbocycles. The first-order valence-electron chi connectivity index (χ1n) is 8.23. The Morgan fingerprint density at radius 2 is 2.04 bits per heavy atom. The molecular weight excluding hydrogens is 326 g/mol. The molecule has 1 aliphatic rings. The average Bonchev–Trinajstić information content (AvgIpc) is 2.78. The van der Waals surface area contributed by atoms with Gasteiger partial charge in [-0.1, -0.05) is 30.2 Å². The molecular formula is C18H20ClN3O2. The minimum atomic E-state index is -0.238. The molecule has 1 aromatic carbocycles. The molecule has 1 N–H and O–H groups in total. The van der Waals surface area contributed by atoms with Crippen LogP contribution in [-0.4, -0.2) is 15.7 Å². The van der Waals surface area contributed by atoms with Crippen molar-refractivity contribution >= 4 is 17.5 Å². The first kappa shape index (κ1) is 16.7. The van der Waals surface area contributed by atoms with Crippen molar-refractivity contribution in [2.24, 2.45) is 0 Å². The Morgan fingerprint density at radius 1 is 1.21 bits per heavy atom. The van der Waals surface area contributed by atoms with Gasteiger partial charge in [0.25, 0.3) is 5.56 Å². The molecule has 0 spiro atoms. The van der Waals surface area contributed by atoms with Crippen molar-refractivity contribution in [3.05, 3.63) is 62.5 Å². The average molecular weight is 346 g/mol. The van der Waals surface area contributed by atoms with Gasteiger partial charge in [-0.3, -0.25) is 9.59 Å². The Labute approximate surface area is 145 Å². The summed E-state index contributed by atoms with van der Waals surface area (Å²) in [6, 6.07) is 8.94. The lowest BCUT2D eigenvalue weighted by atomic mass is 10.1. The van der Waals surface area contributed by atoms with Crippen LogP contribution >= 0.6 is 11.6 Å². The molecule has 0 saturated carbocycles. The quantitative estimate of drug-likeness (QED) is 0.866. The van der Waals surface area contributed by atoms with E-state index in [1.54, 1.807) is 18.2 Å². The summed E-state index contributed by atoms with van der Waals surface area (Å²) in [5, 5.41) is 7.83. The van der Waals surface area contributed by atoms with Crippen LogP contribution in [0.5, 0.6) is 0 Å². The number of fused-ring (bicyclic) bond motifs is 1. The van der Waals surface area contributed by atoms with Gasteiger partial charge in [-0.25, -0.2) is 4.68 Å². The Kier molecular flexibility index (Phi) is 5.30. The largest absolute Gasteiger partial charge is 0.350 e. The van der Waals surface area contributed by atoms with Crippen LogP contribution in [0, 0.1) is 0 Å². The number of nitrogens with one attached hydrogen (secondary N) is 1. The van der Waals surface area contributed by atoms with Gasteiger partial charge in [0, 0.05) is 17.6 Å². The second-order valence-corrected chi connectivity index (χ2v) is 6.52. The van der Waals surface area contributed by atoms with E-state index < -0.39 is 0 Å². The van der Waals surface area contributed by atoms with Crippen LogP contribution in [0.3, 0.4) is 0 Å². The van der Waals surface area contributed by atoms with Crippen LogP contribution < -0.4 is 10.9 Å². The third kappa shape index (κ3) is 4.23. The molecule has 1 amide bonds. The van der Waals surface area contributed by atoms with E-state index in [9.17, 15) is 9.59 Å². The Morgan fingerprint density at radius 3 is 2.88 bits per heavy atom. The number of amides is 1. The fraction of sp³-hybridized carbons (Fsp3) is 0.389. The summed E-state index contributed by atoms with van der Waals surface area (Å²) in [7, 11) is 0. The number of halogens is 1. The number of aromatic nitrogens is 2. The van der Waals surface area contributed by atoms with Crippen LogP contribution in [-0.2, 0) is 30.7 Å². The molecule has 5 nitrogen and oxygen atoms in total. The topological polar surface area (TPSA) is 64.0 Å². The van der Waals surface area contributed by atoms with Gasteiger partial charge >= 0.3 is 0 Å². The molecule has 0 radical (unpaired) electrons. The van der Waals surface area contributed by atoms with Crippen molar-refractivity contribution in [2.45, 2.75) is 45.2 Å². The lowest BCUT2D eigenvalue weighted by molar-refractivity contribution is -0.122. The second kappa shape index (κ2) is 7.62. The fourth-order valence-electron chi connectivity index (χ4n) is 2.93. The number of carbonyl (C=O) groups is 1. The van der Waals surface area contributed by atoms with Gasteiger partial charge in [-0.15, -0.1) is 0 Å². The van der Waals surface area contributed by atoms with Gasteiger partial charge in [0.05, 0.1) is 5.69 Å². The highest BCUT2D eigenvalue weighted by atomic mass is 35.5. The first-order valence-corrected chi connectivity index (χ1v) is 8.61. The molecule has 2 aromatic rings. The van der Waals surface area contributed by atoms with E-state index in [0.717, 1.165) is 48.9 Å². The van der Waals surface area contributed by atoms with Crippen molar-refractivity contribution in [2.75, 3.05) is 0 Å². The maximum absolute atomic E-state index is 12.2. The first-order chi connectivity index (χ1) is 11.6. The van der Waals surface area contributed by atoms with Crippen LogP contribution in [0.25, 0.3) is 0 Å². The summed E-state index contributed by atoms with van der Waals surface area (Å²) in [5.74, 6) is -0.238. The molecule has 3 rings (SSSR count). The minimum Gasteiger partial charge on any atom is -0.350 e. The summed E-state index contributed by atoms with van der Waals surface area (Å²) >= 11 is 5.92. The zero-order valence-electron chi connectivity index (χ0n) is 13.4. The highest BCUT2D eigenvalue weighted by Crippen LogP contribution is 2.16. The Hall–Kier alpha value is -2.14. The van der Waals surface area contributed by atoms with E-state index in [-0.39, 0.29) is 18.0 Å². The highest BCUT2D eigenvalue weighted by molar-refractivity contribution is 6.30. The SMILES string of the molecule is O=C(Cn1nc2c(cc1=O)CCCCC2)NCc1cccc(Cl)c1. The van der Waals surface area contributed by atoms with Crippen LogP contribution in [0.2, 0.25) is 5.02 Å². The number of rotatable bonds is 4. The van der Waals surface area contributed by atoms with Crippen LogP contribution in [0.1, 0.15) is 36.1 Å². The summed E-state index contributed by atoms with van der Waals surface area (Å²) < 4.78 is 1.26.